The molecule has 0 bridgehead atoms. The summed E-state index contributed by atoms with van der Waals surface area (Å²) in [6.07, 6.45) is 3.78. The maximum absolute atomic E-state index is 12.7. The van der Waals surface area contributed by atoms with Crippen molar-refractivity contribution in [1.82, 2.24) is 9.78 Å². The number of hydrogen-bond donors (Lipinski definition) is 0. The number of anilines is 1. The van der Waals surface area contributed by atoms with Crippen LogP contribution in [0.15, 0.2) is 48.8 Å². The highest BCUT2D eigenvalue weighted by Gasteiger charge is 2.30. The molecule has 0 fully saturated rings. The van der Waals surface area contributed by atoms with E-state index in [1.54, 1.807) is 30.6 Å². The number of benzene rings is 1. The smallest absolute Gasteiger partial charge is 0.328 e. The highest BCUT2D eigenvalue weighted by atomic mass is 16.5. The lowest BCUT2D eigenvalue weighted by molar-refractivity contribution is -0.143. The van der Waals surface area contributed by atoms with Crippen LogP contribution in [0.4, 0.5) is 5.69 Å². The Balaban J connectivity index is 2.32. The van der Waals surface area contributed by atoms with Crippen LogP contribution in [0.2, 0.25) is 0 Å². The molecule has 2 rings (SSSR count). The summed E-state index contributed by atoms with van der Waals surface area (Å²) in [4.78, 5) is 26.2. The van der Waals surface area contributed by atoms with E-state index in [0.29, 0.717) is 12.1 Å². The molecule has 1 unspecified atom stereocenters. The molecule has 1 aromatic carbocycles. The predicted octanol–water partition coefficient (Wildman–Crippen LogP) is 1.87. The standard InChI is InChI=1S/C16H19N3O3/c1-3-14(16(21)22-2)19(13-8-5-4-6-9-13)15(20)12-18-11-7-10-17-18/h4-11,14H,3,12H2,1-2H3. The van der Waals surface area contributed by atoms with Gasteiger partial charge in [0.25, 0.3) is 0 Å². The van der Waals surface area contributed by atoms with Crippen molar-refractivity contribution < 1.29 is 14.3 Å². The molecule has 0 aliphatic heterocycles. The van der Waals surface area contributed by atoms with Crippen LogP contribution in [-0.2, 0) is 20.9 Å². The number of esters is 1. The molecule has 0 spiro atoms. The fraction of sp³-hybridized carbons (Fsp3) is 0.312. The summed E-state index contributed by atoms with van der Waals surface area (Å²) in [6.45, 7) is 1.91. The average Bonchev–Trinajstić information content (AvgIpc) is 3.05. The molecule has 0 saturated heterocycles. The van der Waals surface area contributed by atoms with Gasteiger partial charge < -0.3 is 4.74 Å². The SMILES string of the molecule is CCC(C(=O)OC)N(C(=O)Cn1cccn1)c1ccccc1. The minimum atomic E-state index is -0.657. The Hall–Kier alpha value is -2.63. The molecule has 2 aromatic rings. The molecule has 116 valence electrons. The molecule has 1 heterocycles. The maximum Gasteiger partial charge on any atom is 0.328 e. The van der Waals surface area contributed by atoms with Gasteiger partial charge in [0.2, 0.25) is 5.91 Å². The summed E-state index contributed by atoms with van der Waals surface area (Å²) in [5.74, 6) is -0.646. The monoisotopic (exact) mass is 301 g/mol. The molecule has 0 aliphatic carbocycles. The van der Waals surface area contributed by atoms with E-state index in [9.17, 15) is 9.59 Å². The summed E-state index contributed by atoms with van der Waals surface area (Å²) >= 11 is 0. The second-order valence-corrected chi connectivity index (χ2v) is 4.75. The second kappa shape index (κ2) is 7.40. The zero-order valence-electron chi connectivity index (χ0n) is 12.7. The zero-order chi connectivity index (χ0) is 15.9. The number of carbonyl (C=O) groups excluding carboxylic acids is 2. The van der Waals surface area contributed by atoms with Gasteiger partial charge in [-0.25, -0.2) is 4.79 Å². The van der Waals surface area contributed by atoms with Crippen LogP contribution in [0.1, 0.15) is 13.3 Å². The van der Waals surface area contributed by atoms with Crippen LogP contribution in [-0.4, -0.2) is 34.8 Å². The van der Waals surface area contributed by atoms with Gasteiger partial charge in [0.15, 0.2) is 0 Å². The number of nitrogens with zero attached hydrogens (tertiary/aromatic N) is 3. The zero-order valence-corrected chi connectivity index (χ0v) is 12.7. The Bertz CT molecular complexity index is 611. The van der Waals surface area contributed by atoms with Gasteiger partial charge in [0.1, 0.15) is 12.6 Å². The Morgan fingerprint density at radius 2 is 2.00 bits per heavy atom. The van der Waals surface area contributed by atoms with Gasteiger partial charge >= 0.3 is 5.97 Å². The van der Waals surface area contributed by atoms with E-state index in [1.807, 2.05) is 25.1 Å². The van der Waals surface area contributed by atoms with Crippen LogP contribution in [0, 0.1) is 0 Å². The van der Waals surface area contributed by atoms with Crippen molar-refractivity contribution in [2.45, 2.75) is 25.9 Å². The van der Waals surface area contributed by atoms with Crippen molar-refractivity contribution in [2.75, 3.05) is 12.0 Å². The topological polar surface area (TPSA) is 64.4 Å². The van der Waals surface area contributed by atoms with E-state index in [-0.39, 0.29) is 12.5 Å². The lowest BCUT2D eigenvalue weighted by atomic mass is 10.1. The highest BCUT2D eigenvalue weighted by Crippen LogP contribution is 2.20. The Labute approximate surface area is 129 Å². The number of methoxy groups -OCH3 is 1. The van der Waals surface area contributed by atoms with Gasteiger partial charge in [0.05, 0.1) is 7.11 Å². The van der Waals surface area contributed by atoms with Crippen molar-refractivity contribution >= 4 is 17.6 Å². The number of carbonyl (C=O) groups is 2. The number of ether oxygens (including phenoxy) is 1. The molecule has 1 atom stereocenters. The Morgan fingerprint density at radius 3 is 2.55 bits per heavy atom. The minimum Gasteiger partial charge on any atom is -0.467 e. The fourth-order valence-corrected chi connectivity index (χ4v) is 2.29. The van der Waals surface area contributed by atoms with Crippen LogP contribution in [0.5, 0.6) is 0 Å². The molecule has 22 heavy (non-hydrogen) atoms. The molecule has 1 amide bonds. The molecule has 6 nitrogen and oxygen atoms in total. The summed E-state index contributed by atoms with van der Waals surface area (Å²) in [5.41, 5.74) is 0.664. The molecular formula is C16H19N3O3. The van der Waals surface area contributed by atoms with Crippen molar-refractivity contribution in [3.8, 4) is 0 Å². The van der Waals surface area contributed by atoms with Crippen LogP contribution in [0.25, 0.3) is 0 Å². The third-order valence-electron chi connectivity index (χ3n) is 3.33. The van der Waals surface area contributed by atoms with Crippen LogP contribution in [0.3, 0.4) is 0 Å². The highest BCUT2D eigenvalue weighted by molar-refractivity contribution is 5.99. The van der Waals surface area contributed by atoms with Gasteiger partial charge in [-0.3, -0.25) is 14.4 Å². The Morgan fingerprint density at radius 1 is 1.27 bits per heavy atom. The van der Waals surface area contributed by atoms with Gasteiger partial charge in [-0.2, -0.15) is 5.10 Å². The molecule has 6 heteroatoms. The lowest BCUT2D eigenvalue weighted by Crippen LogP contribution is -2.47. The largest absolute Gasteiger partial charge is 0.467 e. The number of para-hydroxylation sites is 1. The average molecular weight is 301 g/mol. The number of aromatic nitrogens is 2. The van der Waals surface area contributed by atoms with Gasteiger partial charge in [-0.1, -0.05) is 25.1 Å². The van der Waals surface area contributed by atoms with Crippen molar-refractivity contribution in [2.24, 2.45) is 0 Å². The third-order valence-corrected chi connectivity index (χ3v) is 3.33. The predicted molar refractivity (Wildman–Crippen MR) is 82.3 cm³/mol. The van der Waals surface area contributed by atoms with Crippen molar-refractivity contribution in [1.29, 1.82) is 0 Å². The summed E-state index contributed by atoms with van der Waals surface area (Å²) in [6, 6.07) is 10.2. The first kappa shape index (κ1) is 15.8. The van der Waals surface area contributed by atoms with Crippen LogP contribution < -0.4 is 4.90 Å². The quantitative estimate of drug-likeness (QED) is 0.764. The molecule has 0 N–H and O–H groups in total. The molecule has 0 saturated carbocycles. The van der Waals surface area contributed by atoms with Gasteiger partial charge in [-0.15, -0.1) is 0 Å². The van der Waals surface area contributed by atoms with E-state index in [0.717, 1.165) is 0 Å². The first-order chi connectivity index (χ1) is 10.7. The van der Waals surface area contributed by atoms with Crippen molar-refractivity contribution in [3.63, 3.8) is 0 Å². The normalized spacial score (nSPS) is 11.7. The summed E-state index contributed by atoms with van der Waals surface area (Å²) < 4.78 is 6.37. The van der Waals surface area contributed by atoms with Gasteiger partial charge in [0, 0.05) is 18.1 Å². The maximum atomic E-state index is 12.7. The number of hydrogen-bond acceptors (Lipinski definition) is 4. The van der Waals surface area contributed by atoms with E-state index in [2.05, 4.69) is 5.10 Å². The van der Waals surface area contributed by atoms with E-state index >= 15 is 0 Å². The molecule has 0 aliphatic rings. The number of amides is 1. The van der Waals surface area contributed by atoms with E-state index in [4.69, 9.17) is 4.74 Å². The lowest BCUT2D eigenvalue weighted by Gasteiger charge is -2.29. The number of rotatable bonds is 6. The minimum absolute atomic E-state index is 0.0649. The molecular weight excluding hydrogens is 282 g/mol. The second-order valence-electron chi connectivity index (χ2n) is 4.75. The molecule has 0 radical (unpaired) electrons. The summed E-state index contributed by atoms with van der Waals surface area (Å²) in [7, 11) is 1.33. The van der Waals surface area contributed by atoms with Crippen LogP contribution >= 0.6 is 0 Å². The van der Waals surface area contributed by atoms with Gasteiger partial charge in [-0.05, 0) is 24.6 Å². The Kier molecular flexibility index (Phi) is 5.30. The first-order valence-electron chi connectivity index (χ1n) is 7.09. The van der Waals surface area contributed by atoms with E-state index < -0.39 is 12.0 Å². The third kappa shape index (κ3) is 3.52. The van der Waals surface area contributed by atoms with Crippen molar-refractivity contribution in [3.05, 3.63) is 48.8 Å². The molecule has 1 aromatic heterocycles. The fourth-order valence-electron chi connectivity index (χ4n) is 2.29. The summed E-state index contributed by atoms with van der Waals surface area (Å²) in [5, 5.41) is 4.04. The first-order valence-corrected chi connectivity index (χ1v) is 7.09. The van der Waals surface area contributed by atoms with E-state index in [1.165, 1.54) is 16.7 Å².